The normalized spacial score (nSPS) is 10.5. The van der Waals surface area contributed by atoms with Crippen LogP contribution in [0.5, 0.6) is 0 Å². The lowest BCUT2D eigenvalue weighted by molar-refractivity contribution is -0.114. The minimum atomic E-state index is -0.492. The predicted molar refractivity (Wildman–Crippen MR) is 84.2 cm³/mol. The highest BCUT2D eigenvalue weighted by Crippen LogP contribution is 2.33. The molecule has 2 heterocycles. The van der Waals surface area contributed by atoms with Crippen molar-refractivity contribution in [3.63, 3.8) is 0 Å². The number of thioether (sulfide) groups is 1. The number of rotatable bonds is 5. The summed E-state index contributed by atoms with van der Waals surface area (Å²) in [7, 11) is 0. The van der Waals surface area contributed by atoms with E-state index < -0.39 is 5.97 Å². The Kier molecular flexibility index (Phi) is 4.88. The molecule has 0 aromatic carbocycles. The maximum absolute atomic E-state index is 12.3. The maximum Gasteiger partial charge on any atom is 0.356 e. The number of nitriles is 1. The number of ketones is 1. The maximum atomic E-state index is 12.3. The smallest absolute Gasteiger partial charge is 0.356 e. The van der Waals surface area contributed by atoms with E-state index in [0.717, 1.165) is 5.56 Å². The summed E-state index contributed by atoms with van der Waals surface area (Å²) in [6.45, 7) is 5.37. The van der Waals surface area contributed by atoms with E-state index in [1.54, 1.807) is 17.5 Å². The van der Waals surface area contributed by atoms with Crippen molar-refractivity contribution in [3.05, 3.63) is 35.2 Å². The fourth-order valence-corrected chi connectivity index (χ4v) is 3.11. The molecule has 0 N–H and O–H groups in total. The van der Waals surface area contributed by atoms with Gasteiger partial charge in [-0.1, -0.05) is 0 Å². The van der Waals surface area contributed by atoms with Crippen LogP contribution in [0.25, 0.3) is 5.52 Å². The van der Waals surface area contributed by atoms with Gasteiger partial charge in [-0.3, -0.25) is 4.79 Å². The number of nitrogens with zero attached hydrogens (tertiary/aromatic N) is 2. The summed E-state index contributed by atoms with van der Waals surface area (Å²) in [4.78, 5) is 24.1. The number of aryl methyl sites for hydroxylation is 1. The molecule has 0 aliphatic carbocycles. The first kappa shape index (κ1) is 16.1. The average molecular weight is 316 g/mol. The second kappa shape index (κ2) is 6.67. The van der Waals surface area contributed by atoms with E-state index in [4.69, 9.17) is 4.74 Å². The van der Waals surface area contributed by atoms with Crippen LogP contribution < -0.4 is 0 Å². The quantitative estimate of drug-likeness (QED) is 0.626. The van der Waals surface area contributed by atoms with Crippen LogP contribution in [0.15, 0.2) is 23.2 Å². The minimum absolute atomic E-state index is 0.0184. The van der Waals surface area contributed by atoms with E-state index in [1.807, 2.05) is 19.1 Å². The van der Waals surface area contributed by atoms with Gasteiger partial charge >= 0.3 is 5.97 Å². The number of aromatic nitrogens is 1. The molecule has 2 aromatic heterocycles. The molecule has 0 fully saturated rings. The third-order valence-electron chi connectivity index (χ3n) is 3.05. The van der Waals surface area contributed by atoms with Crippen molar-refractivity contribution in [3.8, 4) is 6.07 Å². The Morgan fingerprint density at radius 1 is 1.45 bits per heavy atom. The van der Waals surface area contributed by atoms with Gasteiger partial charge in [-0.25, -0.2) is 4.79 Å². The molecule has 0 aliphatic heterocycles. The van der Waals surface area contributed by atoms with Crippen molar-refractivity contribution in [1.29, 1.82) is 5.26 Å². The summed E-state index contributed by atoms with van der Waals surface area (Å²) < 4.78 is 6.76. The first-order valence-electron chi connectivity index (χ1n) is 6.83. The number of Topliss-reactive ketones (excluding diaryl/α,β-unsaturated/α-hetero) is 1. The fraction of sp³-hybridized carbons (Fsp3) is 0.312. The molecule has 0 bridgehead atoms. The number of hydrogen-bond donors (Lipinski definition) is 0. The standard InChI is InChI=1S/C16H16N2O3S/c1-4-21-16(20)14-15(22-9-11(3)19)12(8-17)13-7-10(2)5-6-18(13)14/h5-7H,4,9H2,1-3H3. The molecule has 2 rings (SSSR count). The number of fused-ring (bicyclic) bond motifs is 1. The molecular formula is C16H16N2O3S. The Labute approximate surface area is 132 Å². The Hall–Kier alpha value is -2.26. The molecule has 5 nitrogen and oxygen atoms in total. The van der Waals surface area contributed by atoms with Crippen molar-refractivity contribution in [2.75, 3.05) is 12.4 Å². The van der Waals surface area contributed by atoms with E-state index in [0.29, 0.717) is 21.7 Å². The molecule has 0 spiro atoms. The number of ether oxygens (including phenoxy) is 1. The zero-order chi connectivity index (χ0) is 16.3. The van der Waals surface area contributed by atoms with Crippen LogP contribution in [0.3, 0.4) is 0 Å². The van der Waals surface area contributed by atoms with Gasteiger partial charge in [0.05, 0.1) is 28.3 Å². The molecule has 0 radical (unpaired) electrons. The number of pyridine rings is 1. The first-order chi connectivity index (χ1) is 10.5. The van der Waals surface area contributed by atoms with E-state index >= 15 is 0 Å². The van der Waals surface area contributed by atoms with Crippen LogP contribution in [0.1, 0.15) is 35.5 Å². The summed E-state index contributed by atoms with van der Waals surface area (Å²) in [6.07, 6.45) is 1.75. The molecule has 2 aromatic rings. The first-order valence-corrected chi connectivity index (χ1v) is 7.82. The Morgan fingerprint density at radius 3 is 2.77 bits per heavy atom. The Morgan fingerprint density at radius 2 is 2.18 bits per heavy atom. The Bertz CT molecular complexity index is 787. The molecule has 0 unspecified atom stereocenters. The topological polar surface area (TPSA) is 71.6 Å². The van der Waals surface area contributed by atoms with Gasteiger partial charge in [0.1, 0.15) is 17.5 Å². The second-order valence-electron chi connectivity index (χ2n) is 4.84. The van der Waals surface area contributed by atoms with Crippen molar-refractivity contribution < 1.29 is 14.3 Å². The van der Waals surface area contributed by atoms with Crippen LogP contribution in [0.2, 0.25) is 0 Å². The van der Waals surface area contributed by atoms with E-state index in [-0.39, 0.29) is 18.1 Å². The van der Waals surface area contributed by atoms with Crippen LogP contribution in [0, 0.1) is 18.3 Å². The summed E-state index contributed by atoms with van der Waals surface area (Å²) in [5.41, 5.74) is 2.34. The molecule has 114 valence electrons. The van der Waals surface area contributed by atoms with Crippen molar-refractivity contribution in [1.82, 2.24) is 4.40 Å². The van der Waals surface area contributed by atoms with E-state index in [9.17, 15) is 14.9 Å². The van der Waals surface area contributed by atoms with Gasteiger partial charge in [0, 0.05) is 6.20 Å². The average Bonchev–Trinajstić information content (AvgIpc) is 2.77. The zero-order valence-electron chi connectivity index (χ0n) is 12.7. The van der Waals surface area contributed by atoms with Crippen molar-refractivity contribution in [2.24, 2.45) is 0 Å². The monoisotopic (exact) mass is 316 g/mol. The highest BCUT2D eigenvalue weighted by atomic mass is 32.2. The van der Waals surface area contributed by atoms with E-state index in [2.05, 4.69) is 6.07 Å². The lowest BCUT2D eigenvalue weighted by atomic mass is 10.2. The van der Waals surface area contributed by atoms with Gasteiger partial charge in [-0.05, 0) is 38.5 Å². The largest absolute Gasteiger partial charge is 0.461 e. The Balaban J connectivity index is 2.71. The predicted octanol–water partition coefficient (Wildman–Crippen LogP) is 2.98. The van der Waals surface area contributed by atoms with Crippen molar-refractivity contribution >= 4 is 29.0 Å². The van der Waals surface area contributed by atoms with Gasteiger partial charge in [-0.2, -0.15) is 5.26 Å². The summed E-state index contributed by atoms with van der Waals surface area (Å²) in [5, 5.41) is 9.48. The lowest BCUT2D eigenvalue weighted by Crippen LogP contribution is -2.09. The minimum Gasteiger partial charge on any atom is -0.461 e. The van der Waals surface area contributed by atoms with Crippen molar-refractivity contribution in [2.45, 2.75) is 25.7 Å². The lowest BCUT2D eigenvalue weighted by Gasteiger charge is -2.05. The molecule has 0 saturated heterocycles. The number of carbonyl (C=O) groups excluding carboxylic acids is 2. The number of esters is 1. The van der Waals surface area contributed by atoms with Crippen LogP contribution in [0.4, 0.5) is 0 Å². The fourth-order valence-electron chi connectivity index (χ4n) is 2.15. The molecule has 0 aliphatic rings. The summed E-state index contributed by atoms with van der Waals surface area (Å²) in [6, 6.07) is 5.85. The molecule has 0 amide bonds. The van der Waals surface area contributed by atoms with Crippen LogP contribution >= 0.6 is 11.8 Å². The highest BCUT2D eigenvalue weighted by Gasteiger charge is 2.25. The third kappa shape index (κ3) is 3.00. The third-order valence-corrected chi connectivity index (χ3v) is 4.29. The molecule has 6 heteroatoms. The van der Waals surface area contributed by atoms with Crippen LogP contribution in [-0.4, -0.2) is 28.5 Å². The van der Waals surface area contributed by atoms with Gasteiger partial charge < -0.3 is 9.14 Å². The zero-order valence-corrected chi connectivity index (χ0v) is 13.5. The van der Waals surface area contributed by atoms with Gasteiger partial charge in [-0.15, -0.1) is 11.8 Å². The molecule has 0 atom stereocenters. The number of carbonyl (C=O) groups is 2. The van der Waals surface area contributed by atoms with Gasteiger partial charge in [0.2, 0.25) is 0 Å². The van der Waals surface area contributed by atoms with Gasteiger partial charge in [0.15, 0.2) is 0 Å². The summed E-state index contributed by atoms with van der Waals surface area (Å²) in [5.74, 6) is -0.305. The second-order valence-corrected chi connectivity index (χ2v) is 5.82. The molecule has 0 saturated carbocycles. The molecular weight excluding hydrogens is 300 g/mol. The summed E-state index contributed by atoms with van der Waals surface area (Å²) >= 11 is 1.20. The van der Waals surface area contributed by atoms with Gasteiger partial charge in [0.25, 0.3) is 0 Å². The number of hydrogen-bond acceptors (Lipinski definition) is 5. The van der Waals surface area contributed by atoms with E-state index in [1.165, 1.54) is 18.7 Å². The molecule has 22 heavy (non-hydrogen) atoms. The SMILES string of the molecule is CCOC(=O)c1c(SCC(C)=O)c(C#N)c2cc(C)ccn12. The van der Waals surface area contributed by atoms with Crippen LogP contribution in [-0.2, 0) is 9.53 Å². The highest BCUT2D eigenvalue weighted by molar-refractivity contribution is 8.00.